The maximum absolute atomic E-state index is 12.3. The van der Waals surface area contributed by atoms with Gasteiger partial charge in [-0.1, -0.05) is 30.3 Å². The van der Waals surface area contributed by atoms with E-state index >= 15 is 0 Å². The maximum Gasteiger partial charge on any atom is 0.352 e. The van der Waals surface area contributed by atoms with Gasteiger partial charge in [0.05, 0.1) is 18.8 Å². The maximum atomic E-state index is 12.3. The lowest BCUT2D eigenvalue weighted by Crippen LogP contribution is -2.24. The van der Waals surface area contributed by atoms with Gasteiger partial charge in [0.15, 0.2) is 0 Å². The third kappa shape index (κ3) is 2.61. The number of ether oxygens (including phenoxy) is 1. The van der Waals surface area contributed by atoms with Crippen LogP contribution >= 0.6 is 0 Å². The van der Waals surface area contributed by atoms with Crippen molar-refractivity contribution in [2.75, 3.05) is 0 Å². The zero-order valence-electron chi connectivity index (χ0n) is 11.5. The number of carboxylic acids is 1. The third-order valence-corrected chi connectivity index (χ3v) is 3.23. The topological polar surface area (TPSA) is 96.7 Å². The van der Waals surface area contributed by atoms with Crippen LogP contribution in [0, 0.1) is 0 Å². The molecule has 0 fully saturated rings. The van der Waals surface area contributed by atoms with E-state index in [-0.39, 0.29) is 23.6 Å². The minimum atomic E-state index is -1.22. The Bertz CT molecular complexity index is 867. The van der Waals surface area contributed by atoms with Crippen LogP contribution < -0.4 is 5.56 Å². The summed E-state index contributed by atoms with van der Waals surface area (Å²) in [7, 11) is 0. The van der Waals surface area contributed by atoms with Crippen LogP contribution in [0.1, 0.15) is 21.6 Å². The fourth-order valence-corrected chi connectivity index (χ4v) is 2.16. The molecule has 7 heteroatoms. The van der Waals surface area contributed by atoms with Gasteiger partial charge in [0.1, 0.15) is 5.69 Å². The van der Waals surface area contributed by atoms with Crippen molar-refractivity contribution in [2.24, 2.45) is 0 Å². The largest absolute Gasteiger partial charge is 0.477 e. The number of aromatic carboxylic acids is 1. The van der Waals surface area contributed by atoms with E-state index in [9.17, 15) is 14.7 Å². The molecule has 0 amide bonds. The van der Waals surface area contributed by atoms with Crippen molar-refractivity contribution in [3.05, 3.63) is 69.9 Å². The van der Waals surface area contributed by atoms with E-state index in [2.05, 4.69) is 9.97 Å². The highest BCUT2D eigenvalue weighted by molar-refractivity contribution is 5.87. The number of aromatic amines is 1. The molecular formula is C15H13N3O4. The van der Waals surface area contributed by atoms with Gasteiger partial charge < -0.3 is 14.8 Å². The van der Waals surface area contributed by atoms with Crippen LogP contribution in [0.5, 0.6) is 0 Å². The molecule has 0 spiro atoms. The van der Waals surface area contributed by atoms with Gasteiger partial charge in [-0.05, 0) is 5.56 Å². The molecule has 0 aliphatic heterocycles. The highest BCUT2D eigenvalue weighted by Gasteiger charge is 2.17. The summed E-state index contributed by atoms with van der Waals surface area (Å²) in [4.78, 5) is 30.2. The first kappa shape index (κ1) is 14.0. The van der Waals surface area contributed by atoms with Gasteiger partial charge in [-0.2, -0.15) is 0 Å². The van der Waals surface area contributed by atoms with Crippen LogP contribution in [-0.4, -0.2) is 25.4 Å². The molecular weight excluding hydrogens is 286 g/mol. The van der Waals surface area contributed by atoms with Crippen molar-refractivity contribution in [3.8, 4) is 0 Å². The summed E-state index contributed by atoms with van der Waals surface area (Å²) < 4.78 is 6.74. The summed E-state index contributed by atoms with van der Waals surface area (Å²) in [6.45, 7) is 0.196. The predicted octanol–water partition coefficient (Wildman–Crippen LogP) is 1.44. The Balaban J connectivity index is 1.88. The van der Waals surface area contributed by atoms with Crippen LogP contribution in [0.15, 0.2) is 47.5 Å². The number of imidazole rings is 1. The summed E-state index contributed by atoms with van der Waals surface area (Å²) in [5.41, 5.74) is 0.363. The number of H-pyrrole nitrogens is 1. The molecule has 0 unspecified atom stereocenters. The molecule has 2 heterocycles. The fourth-order valence-electron chi connectivity index (χ4n) is 2.16. The van der Waals surface area contributed by atoms with E-state index in [0.29, 0.717) is 6.61 Å². The highest BCUT2D eigenvalue weighted by atomic mass is 16.5. The van der Waals surface area contributed by atoms with Crippen molar-refractivity contribution in [3.63, 3.8) is 0 Å². The number of rotatable bonds is 5. The first-order valence-corrected chi connectivity index (χ1v) is 6.60. The molecule has 112 valence electrons. The number of carbonyl (C=O) groups is 1. The molecule has 2 N–H and O–H groups in total. The zero-order valence-corrected chi connectivity index (χ0v) is 11.5. The Morgan fingerprint density at radius 3 is 2.77 bits per heavy atom. The fraction of sp³-hybridized carbons (Fsp3) is 0.133. The number of aromatic nitrogens is 3. The summed E-state index contributed by atoms with van der Waals surface area (Å²) in [6.07, 6.45) is 2.90. The number of nitrogens with zero attached hydrogens (tertiary/aromatic N) is 2. The second kappa shape index (κ2) is 5.82. The average molecular weight is 299 g/mol. The van der Waals surface area contributed by atoms with Crippen LogP contribution in [0.3, 0.4) is 0 Å². The summed E-state index contributed by atoms with van der Waals surface area (Å²) in [5.74, 6) is -1.03. The van der Waals surface area contributed by atoms with Gasteiger partial charge in [0.2, 0.25) is 5.78 Å². The number of benzene rings is 1. The Kier molecular flexibility index (Phi) is 3.71. The number of carboxylic acid groups (broad SMARTS) is 1. The second-order valence-corrected chi connectivity index (χ2v) is 4.69. The summed E-state index contributed by atoms with van der Waals surface area (Å²) in [5, 5.41) is 9.24. The first-order chi connectivity index (χ1) is 10.7. The Morgan fingerprint density at radius 2 is 2.05 bits per heavy atom. The van der Waals surface area contributed by atoms with Crippen molar-refractivity contribution in [1.29, 1.82) is 0 Å². The third-order valence-electron chi connectivity index (χ3n) is 3.23. The monoisotopic (exact) mass is 299 g/mol. The van der Waals surface area contributed by atoms with Gasteiger partial charge in [-0.3, -0.25) is 9.20 Å². The molecule has 2 aromatic heterocycles. The predicted molar refractivity (Wildman–Crippen MR) is 77.7 cm³/mol. The van der Waals surface area contributed by atoms with Gasteiger partial charge >= 0.3 is 5.97 Å². The van der Waals surface area contributed by atoms with Crippen molar-refractivity contribution >= 4 is 11.7 Å². The first-order valence-electron chi connectivity index (χ1n) is 6.60. The van der Waals surface area contributed by atoms with Crippen LogP contribution in [-0.2, 0) is 18.0 Å². The summed E-state index contributed by atoms with van der Waals surface area (Å²) >= 11 is 0. The van der Waals surface area contributed by atoms with E-state index in [4.69, 9.17) is 4.74 Å². The van der Waals surface area contributed by atoms with E-state index in [1.165, 1.54) is 16.8 Å². The number of hydrogen-bond donors (Lipinski definition) is 2. The lowest BCUT2D eigenvalue weighted by atomic mass is 10.2. The molecule has 3 rings (SSSR count). The summed E-state index contributed by atoms with van der Waals surface area (Å²) in [6, 6.07) is 9.43. The molecule has 0 saturated carbocycles. The molecule has 0 aliphatic rings. The Morgan fingerprint density at radius 1 is 1.27 bits per heavy atom. The SMILES string of the molecule is O=C(O)c1[nH]c2nccn2c(=O)c1COCc1ccccc1. The number of fused-ring (bicyclic) bond motifs is 1. The lowest BCUT2D eigenvalue weighted by molar-refractivity contribution is 0.0675. The normalized spacial score (nSPS) is 10.9. The van der Waals surface area contributed by atoms with E-state index in [1.807, 2.05) is 30.3 Å². The van der Waals surface area contributed by atoms with Gasteiger partial charge in [0, 0.05) is 12.4 Å². The van der Waals surface area contributed by atoms with Crippen molar-refractivity contribution in [2.45, 2.75) is 13.2 Å². The molecule has 1 aromatic carbocycles. The van der Waals surface area contributed by atoms with Crippen molar-refractivity contribution < 1.29 is 14.6 Å². The van der Waals surface area contributed by atoms with E-state index in [0.717, 1.165) is 5.56 Å². The van der Waals surface area contributed by atoms with Gasteiger partial charge in [0.25, 0.3) is 5.56 Å². The highest BCUT2D eigenvalue weighted by Crippen LogP contribution is 2.08. The Hall–Kier alpha value is -2.93. The molecule has 22 heavy (non-hydrogen) atoms. The minimum Gasteiger partial charge on any atom is -0.477 e. The molecule has 0 radical (unpaired) electrons. The van der Waals surface area contributed by atoms with E-state index in [1.54, 1.807) is 0 Å². The molecule has 0 saturated heterocycles. The minimum absolute atomic E-state index is 0.0638. The second-order valence-electron chi connectivity index (χ2n) is 4.69. The number of nitrogens with one attached hydrogen (secondary N) is 1. The quantitative estimate of drug-likeness (QED) is 0.743. The molecule has 7 nitrogen and oxygen atoms in total. The molecule has 0 bridgehead atoms. The van der Waals surface area contributed by atoms with Gasteiger partial charge in [-0.25, -0.2) is 9.78 Å². The molecule has 0 atom stereocenters. The smallest absolute Gasteiger partial charge is 0.352 e. The van der Waals surface area contributed by atoms with Crippen LogP contribution in [0.2, 0.25) is 0 Å². The van der Waals surface area contributed by atoms with Crippen LogP contribution in [0.4, 0.5) is 0 Å². The Labute approximate surface area is 124 Å². The average Bonchev–Trinajstić information content (AvgIpc) is 2.99. The lowest BCUT2D eigenvalue weighted by Gasteiger charge is -2.08. The standard InChI is InChI=1S/C15H13N3O4/c19-13-11(9-22-8-10-4-2-1-3-5-10)12(14(20)21)17-15-16-6-7-18(13)15/h1-7H,8-9H2,(H,16,17)(H,20,21). The zero-order chi connectivity index (χ0) is 15.5. The van der Waals surface area contributed by atoms with Gasteiger partial charge in [-0.15, -0.1) is 0 Å². The van der Waals surface area contributed by atoms with Crippen LogP contribution in [0.25, 0.3) is 5.78 Å². The molecule has 3 aromatic rings. The molecule has 0 aliphatic carbocycles. The number of hydrogen-bond acceptors (Lipinski definition) is 4. The van der Waals surface area contributed by atoms with E-state index < -0.39 is 11.5 Å². The van der Waals surface area contributed by atoms with Crippen molar-refractivity contribution in [1.82, 2.24) is 14.4 Å².